The standard InChI is InChI=1S/C22H23NO3/c23-20(14-24)19-11-12-21(25-15-17-7-3-1-4-8-17)22(13-19)26-16-18-9-5-2-6-10-18/h1-13,20,24H,14-16,23H2/t20-/m1/s1. The average Bonchev–Trinajstić information content (AvgIpc) is 2.72. The molecule has 0 aromatic heterocycles. The fraction of sp³-hybridized carbons (Fsp3) is 0.182. The van der Waals surface area contributed by atoms with Crippen molar-refractivity contribution in [2.75, 3.05) is 6.61 Å². The molecule has 1 atom stereocenters. The van der Waals surface area contributed by atoms with E-state index in [0.29, 0.717) is 24.7 Å². The molecule has 0 radical (unpaired) electrons. The first-order chi connectivity index (χ1) is 12.8. The van der Waals surface area contributed by atoms with Crippen LogP contribution < -0.4 is 15.2 Å². The van der Waals surface area contributed by atoms with E-state index in [1.165, 1.54) is 0 Å². The lowest BCUT2D eigenvalue weighted by atomic mass is 10.1. The minimum absolute atomic E-state index is 0.123. The van der Waals surface area contributed by atoms with E-state index < -0.39 is 6.04 Å². The molecule has 26 heavy (non-hydrogen) atoms. The van der Waals surface area contributed by atoms with Crippen LogP contribution in [0.15, 0.2) is 78.9 Å². The van der Waals surface area contributed by atoms with Gasteiger partial charge < -0.3 is 20.3 Å². The number of benzene rings is 3. The number of rotatable bonds is 8. The molecule has 3 aromatic rings. The van der Waals surface area contributed by atoms with Crippen molar-refractivity contribution < 1.29 is 14.6 Å². The number of aliphatic hydroxyl groups is 1. The van der Waals surface area contributed by atoms with Crippen LogP contribution in [0, 0.1) is 0 Å². The summed E-state index contributed by atoms with van der Waals surface area (Å²) >= 11 is 0. The third-order valence-corrected chi connectivity index (χ3v) is 4.07. The number of hydrogen-bond donors (Lipinski definition) is 2. The van der Waals surface area contributed by atoms with Crippen LogP contribution in [0.1, 0.15) is 22.7 Å². The molecule has 0 amide bonds. The second-order valence-corrected chi connectivity index (χ2v) is 6.04. The molecule has 134 valence electrons. The van der Waals surface area contributed by atoms with Crippen LogP contribution in [0.25, 0.3) is 0 Å². The van der Waals surface area contributed by atoms with Gasteiger partial charge in [-0.25, -0.2) is 0 Å². The van der Waals surface area contributed by atoms with Crippen molar-refractivity contribution in [3.8, 4) is 11.5 Å². The van der Waals surface area contributed by atoms with E-state index in [4.69, 9.17) is 15.2 Å². The summed E-state index contributed by atoms with van der Waals surface area (Å²) in [5.74, 6) is 1.27. The van der Waals surface area contributed by atoms with Crippen molar-refractivity contribution in [3.05, 3.63) is 95.6 Å². The molecule has 0 unspecified atom stereocenters. The lowest BCUT2D eigenvalue weighted by molar-refractivity contribution is 0.252. The van der Waals surface area contributed by atoms with E-state index in [2.05, 4.69) is 0 Å². The van der Waals surface area contributed by atoms with E-state index in [9.17, 15) is 5.11 Å². The van der Waals surface area contributed by atoms with Gasteiger partial charge in [0.2, 0.25) is 0 Å². The summed E-state index contributed by atoms with van der Waals surface area (Å²) in [5, 5.41) is 9.31. The van der Waals surface area contributed by atoms with Gasteiger partial charge >= 0.3 is 0 Å². The normalized spacial score (nSPS) is 11.8. The number of nitrogens with two attached hydrogens (primary N) is 1. The summed E-state index contributed by atoms with van der Waals surface area (Å²) in [5.41, 5.74) is 8.90. The smallest absolute Gasteiger partial charge is 0.162 e. The van der Waals surface area contributed by atoms with Gasteiger partial charge in [0.05, 0.1) is 12.6 Å². The SMILES string of the molecule is N[C@H](CO)c1ccc(OCc2ccccc2)c(OCc2ccccc2)c1. The predicted molar refractivity (Wildman–Crippen MR) is 102 cm³/mol. The minimum Gasteiger partial charge on any atom is -0.485 e. The van der Waals surface area contributed by atoms with Crippen molar-refractivity contribution in [1.82, 2.24) is 0 Å². The summed E-state index contributed by atoms with van der Waals surface area (Å²) in [4.78, 5) is 0. The van der Waals surface area contributed by atoms with Crippen LogP contribution in [0.5, 0.6) is 11.5 Å². The van der Waals surface area contributed by atoms with Crippen molar-refractivity contribution in [2.45, 2.75) is 19.3 Å². The lowest BCUT2D eigenvalue weighted by Gasteiger charge is -2.16. The summed E-state index contributed by atoms with van der Waals surface area (Å²) in [6.45, 7) is 0.761. The van der Waals surface area contributed by atoms with Crippen molar-refractivity contribution in [1.29, 1.82) is 0 Å². The third-order valence-electron chi connectivity index (χ3n) is 4.07. The van der Waals surface area contributed by atoms with Crippen LogP contribution >= 0.6 is 0 Å². The zero-order chi connectivity index (χ0) is 18.2. The largest absolute Gasteiger partial charge is 0.485 e. The maximum absolute atomic E-state index is 9.31. The Morgan fingerprint density at radius 3 is 1.81 bits per heavy atom. The molecule has 3 rings (SSSR count). The Morgan fingerprint density at radius 1 is 0.731 bits per heavy atom. The summed E-state index contributed by atoms with van der Waals surface area (Å²) in [6, 6.07) is 25.0. The van der Waals surface area contributed by atoms with E-state index in [1.54, 1.807) is 0 Å². The Hall–Kier alpha value is -2.82. The lowest BCUT2D eigenvalue weighted by Crippen LogP contribution is -2.14. The second kappa shape index (κ2) is 9.04. The third kappa shape index (κ3) is 4.85. The Labute approximate surface area is 153 Å². The maximum Gasteiger partial charge on any atom is 0.162 e. The van der Waals surface area contributed by atoms with Crippen LogP contribution in [0.2, 0.25) is 0 Å². The molecule has 0 bridgehead atoms. The fourth-order valence-electron chi connectivity index (χ4n) is 2.56. The van der Waals surface area contributed by atoms with Gasteiger partial charge in [-0.15, -0.1) is 0 Å². The van der Waals surface area contributed by atoms with Gasteiger partial charge in [-0.2, -0.15) is 0 Å². The molecule has 0 heterocycles. The van der Waals surface area contributed by atoms with Crippen LogP contribution in [-0.2, 0) is 13.2 Å². The van der Waals surface area contributed by atoms with Gasteiger partial charge in [-0.05, 0) is 28.8 Å². The zero-order valence-corrected chi connectivity index (χ0v) is 14.5. The Morgan fingerprint density at radius 2 is 1.27 bits per heavy atom. The molecule has 3 aromatic carbocycles. The summed E-state index contributed by atoms with van der Waals surface area (Å²) < 4.78 is 11.9. The van der Waals surface area contributed by atoms with Crippen molar-refractivity contribution in [3.63, 3.8) is 0 Å². The summed E-state index contributed by atoms with van der Waals surface area (Å²) in [7, 11) is 0. The monoisotopic (exact) mass is 349 g/mol. The maximum atomic E-state index is 9.31. The molecule has 4 heteroatoms. The average molecular weight is 349 g/mol. The van der Waals surface area contributed by atoms with Gasteiger partial charge in [-0.1, -0.05) is 66.7 Å². The first-order valence-electron chi connectivity index (χ1n) is 8.60. The van der Waals surface area contributed by atoms with Crippen LogP contribution in [0.3, 0.4) is 0 Å². The molecule has 0 spiro atoms. The predicted octanol–water partition coefficient (Wildman–Crippen LogP) is 3.84. The Kier molecular flexibility index (Phi) is 6.25. The second-order valence-electron chi connectivity index (χ2n) is 6.04. The molecule has 3 N–H and O–H groups in total. The molecule has 0 fully saturated rings. The quantitative estimate of drug-likeness (QED) is 0.648. The highest BCUT2D eigenvalue weighted by Crippen LogP contribution is 2.31. The highest BCUT2D eigenvalue weighted by molar-refractivity contribution is 5.44. The molecule has 0 aliphatic rings. The minimum atomic E-state index is -0.447. The molecule has 4 nitrogen and oxygen atoms in total. The number of aliphatic hydroxyl groups excluding tert-OH is 1. The van der Waals surface area contributed by atoms with E-state index in [0.717, 1.165) is 16.7 Å². The molecule has 0 aliphatic carbocycles. The fourth-order valence-corrected chi connectivity index (χ4v) is 2.56. The Bertz CT molecular complexity index is 806. The molecule has 0 saturated heterocycles. The van der Waals surface area contributed by atoms with Gasteiger partial charge in [0, 0.05) is 0 Å². The molecular formula is C22H23NO3. The van der Waals surface area contributed by atoms with Gasteiger partial charge in [0.1, 0.15) is 13.2 Å². The molecule has 0 saturated carbocycles. The molecule has 0 aliphatic heterocycles. The first-order valence-corrected chi connectivity index (χ1v) is 8.60. The van der Waals surface area contributed by atoms with Crippen molar-refractivity contribution >= 4 is 0 Å². The topological polar surface area (TPSA) is 64.7 Å². The van der Waals surface area contributed by atoms with Crippen LogP contribution in [-0.4, -0.2) is 11.7 Å². The summed E-state index contributed by atoms with van der Waals surface area (Å²) in [6.07, 6.45) is 0. The van der Waals surface area contributed by atoms with Gasteiger partial charge in [0.25, 0.3) is 0 Å². The van der Waals surface area contributed by atoms with E-state index in [-0.39, 0.29) is 6.61 Å². The Balaban J connectivity index is 1.77. The van der Waals surface area contributed by atoms with Gasteiger partial charge in [-0.3, -0.25) is 0 Å². The zero-order valence-electron chi connectivity index (χ0n) is 14.5. The van der Waals surface area contributed by atoms with E-state index >= 15 is 0 Å². The van der Waals surface area contributed by atoms with E-state index in [1.807, 2.05) is 78.9 Å². The first kappa shape index (κ1) is 18.0. The number of hydrogen-bond acceptors (Lipinski definition) is 4. The van der Waals surface area contributed by atoms with Crippen molar-refractivity contribution in [2.24, 2.45) is 5.73 Å². The highest BCUT2D eigenvalue weighted by Gasteiger charge is 2.12. The van der Waals surface area contributed by atoms with Crippen LogP contribution in [0.4, 0.5) is 0 Å². The highest BCUT2D eigenvalue weighted by atomic mass is 16.5. The molecular weight excluding hydrogens is 326 g/mol. The van der Waals surface area contributed by atoms with Gasteiger partial charge in [0.15, 0.2) is 11.5 Å². The number of ether oxygens (including phenoxy) is 2.